The zero-order valence-electron chi connectivity index (χ0n) is 12.3. The summed E-state index contributed by atoms with van der Waals surface area (Å²) in [6, 6.07) is 6.53. The van der Waals surface area contributed by atoms with E-state index >= 15 is 0 Å². The maximum atomic E-state index is 12.3. The van der Waals surface area contributed by atoms with E-state index in [2.05, 4.69) is 17.0 Å². The molecule has 1 aromatic rings. The number of rotatable bonds is 5. The van der Waals surface area contributed by atoms with Gasteiger partial charge in [0.2, 0.25) is 10.0 Å². The second kappa shape index (κ2) is 7.98. The summed E-state index contributed by atoms with van der Waals surface area (Å²) in [7, 11) is -3.46. The predicted octanol–water partition coefficient (Wildman–Crippen LogP) is 1.78. The molecular formula is C14H23ClN2O3S. The molecule has 2 atom stereocenters. The van der Waals surface area contributed by atoms with Crippen molar-refractivity contribution in [2.24, 2.45) is 5.92 Å². The van der Waals surface area contributed by atoms with Crippen LogP contribution in [-0.4, -0.2) is 34.2 Å². The Labute approximate surface area is 132 Å². The summed E-state index contributed by atoms with van der Waals surface area (Å²) in [5.74, 6) is 0.975. The minimum Gasteiger partial charge on any atom is -0.494 e. The van der Waals surface area contributed by atoms with Crippen molar-refractivity contribution in [2.45, 2.75) is 31.2 Å². The molecule has 0 saturated carbocycles. The quantitative estimate of drug-likeness (QED) is 0.861. The fourth-order valence-electron chi connectivity index (χ4n) is 2.34. The van der Waals surface area contributed by atoms with Crippen molar-refractivity contribution < 1.29 is 13.2 Å². The van der Waals surface area contributed by atoms with Crippen LogP contribution in [0.15, 0.2) is 29.2 Å². The highest BCUT2D eigenvalue weighted by Crippen LogP contribution is 2.18. The molecule has 1 heterocycles. The molecule has 7 heteroatoms. The van der Waals surface area contributed by atoms with Crippen LogP contribution in [0, 0.1) is 5.92 Å². The lowest BCUT2D eigenvalue weighted by Gasteiger charge is -2.29. The second-order valence-corrected chi connectivity index (χ2v) is 6.82. The van der Waals surface area contributed by atoms with Gasteiger partial charge >= 0.3 is 0 Å². The highest BCUT2D eigenvalue weighted by Gasteiger charge is 2.26. The molecule has 21 heavy (non-hydrogen) atoms. The summed E-state index contributed by atoms with van der Waals surface area (Å²) in [5, 5.41) is 3.26. The lowest BCUT2D eigenvalue weighted by atomic mass is 9.97. The van der Waals surface area contributed by atoms with Crippen LogP contribution in [0.4, 0.5) is 0 Å². The lowest BCUT2D eigenvalue weighted by Crippen LogP contribution is -2.48. The number of benzene rings is 1. The van der Waals surface area contributed by atoms with E-state index in [9.17, 15) is 8.42 Å². The zero-order valence-corrected chi connectivity index (χ0v) is 14.0. The molecule has 2 N–H and O–H groups in total. The van der Waals surface area contributed by atoms with E-state index in [-0.39, 0.29) is 23.3 Å². The molecule has 0 spiro atoms. The van der Waals surface area contributed by atoms with Gasteiger partial charge in [-0.25, -0.2) is 13.1 Å². The molecule has 1 saturated heterocycles. The third-order valence-electron chi connectivity index (χ3n) is 3.54. The summed E-state index contributed by atoms with van der Waals surface area (Å²) >= 11 is 0. The molecule has 1 aromatic carbocycles. The Morgan fingerprint density at radius 2 is 2.00 bits per heavy atom. The van der Waals surface area contributed by atoms with E-state index in [1.54, 1.807) is 24.3 Å². The van der Waals surface area contributed by atoms with E-state index < -0.39 is 10.0 Å². The lowest BCUT2D eigenvalue weighted by molar-refractivity contribution is 0.328. The topological polar surface area (TPSA) is 67.4 Å². The molecule has 5 nitrogen and oxygen atoms in total. The second-order valence-electron chi connectivity index (χ2n) is 5.10. The van der Waals surface area contributed by atoms with Crippen molar-refractivity contribution >= 4 is 22.4 Å². The van der Waals surface area contributed by atoms with Crippen LogP contribution in [0.5, 0.6) is 5.75 Å². The van der Waals surface area contributed by atoms with Crippen LogP contribution in [0.1, 0.15) is 20.3 Å². The molecule has 2 unspecified atom stereocenters. The van der Waals surface area contributed by atoms with E-state index in [0.29, 0.717) is 18.3 Å². The summed E-state index contributed by atoms with van der Waals surface area (Å²) in [4.78, 5) is 0.284. The molecule has 2 rings (SSSR count). The number of halogens is 1. The van der Waals surface area contributed by atoms with Crippen LogP contribution in [0.2, 0.25) is 0 Å². The van der Waals surface area contributed by atoms with Gasteiger partial charge in [0.25, 0.3) is 0 Å². The minimum absolute atomic E-state index is 0. The molecule has 1 aliphatic rings. The van der Waals surface area contributed by atoms with Gasteiger partial charge in [-0.3, -0.25) is 0 Å². The highest BCUT2D eigenvalue weighted by atomic mass is 35.5. The standard InChI is InChI=1S/C14H22N2O3S.ClH/c1-3-19-12-4-6-13(7-5-12)20(17,18)16-14-8-9-15-10-11(14)2;/h4-7,11,14-16H,3,8-10H2,1-2H3;1H. The summed E-state index contributed by atoms with van der Waals surface area (Å²) in [5.41, 5.74) is 0. The number of piperidine rings is 1. The van der Waals surface area contributed by atoms with Crippen LogP contribution in [-0.2, 0) is 10.0 Å². The Bertz CT molecular complexity index is 534. The van der Waals surface area contributed by atoms with Gasteiger partial charge in [0.15, 0.2) is 0 Å². The molecule has 0 bridgehead atoms. The zero-order chi connectivity index (χ0) is 14.6. The van der Waals surface area contributed by atoms with Crippen molar-refractivity contribution in [3.8, 4) is 5.75 Å². The van der Waals surface area contributed by atoms with Gasteiger partial charge in [0, 0.05) is 6.04 Å². The minimum atomic E-state index is -3.46. The molecule has 120 valence electrons. The Balaban J connectivity index is 0.00000220. The molecule has 0 radical (unpaired) electrons. The van der Waals surface area contributed by atoms with Gasteiger partial charge in [-0.1, -0.05) is 6.92 Å². The van der Waals surface area contributed by atoms with Crippen molar-refractivity contribution in [2.75, 3.05) is 19.7 Å². The fraction of sp³-hybridized carbons (Fsp3) is 0.571. The molecule has 1 fully saturated rings. The first-order valence-corrected chi connectivity index (χ1v) is 8.47. The number of hydrogen-bond donors (Lipinski definition) is 2. The van der Waals surface area contributed by atoms with Crippen LogP contribution >= 0.6 is 12.4 Å². The maximum absolute atomic E-state index is 12.3. The molecule has 0 aromatic heterocycles. The van der Waals surface area contributed by atoms with Crippen LogP contribution < -0.4 is 14.8 Å². The first-order valence-electron chi connectivity index (χ1n) is 6.99. The maximum Gasteiger partial charge on any atom is 0.240 e. The van der Waals surface area contributed by atoms with Crippen LogP contribution in [0.25, 0.3) is 0 Å². The Morgan fingerprint density at radius 3 is 2.57 bits per heavy atom. The van der Waals surface area contributed by atoms with Gasteiger partial charge < -0.3 is 10.1 Å². The summed E-state index contributed by atoms with van der Waals surface area (Å²) in [6.45, 7) is 6.20. The van der Waals surface area contributed by atoms with Gasteiger partial charge in [-0.2, -0.15) is 0 Å². The van der Waals surface area contributed by atoms with Crippen molar-refractivity contribution in [3.63, 3.8) is 0 Å². The van der Waals surface area contributed by atoms with Gasteiger partial charge in [-0.15, -0.1) is 12.4 Å². The van der Waals surface area contributed by atoms with E-state index in [1.165, 1.54) is 0 Å². The predicted molar refractivity (Wildman–Crippen MR) is 85.6 cm³/mol. The molecule has 1 aliphatic heterocycles. The van der Waals surface area contributed by atoms with Crippen molar-refractivity contribution in [1.29, 1.82) is 0 Å². The van der Waals surface area contributed by atoms with Crippen LogP contribution in [0.3, 0.4) is 0 Å². The van der Waals surface area contributed by atoms with Gasteiger partial charge in [0.05, 0.1) is 11.5 Å². The molecule has 0 amide bonds. The third kappa shape index (κ3) is 4.85. The first kappa shape index (κ1) is 18.2. The number of hydrogen-bond acceptors (Lipinski definition) is 4. The molecular weight excluding hydrogens is 312 g/mol. The van der Waals surface area contributed by atoms with E-state index in [1.807, 2.05) is 6.92 Å². The average Bonchev–Trinajstić information content (AvgIpc) is 2.42. The largest absolute Gasteiger partial charge is 0.494 e. The number of nitrogens with one attached hydrogen (secondary N) is 2. The van der Waals surface area contributed by atoms with Crippen molar-refractivity contribution in [1.82, 2.24) is 10.0 Å². The summed E-state index contributed by atoms with van der Waals surface area (Å²) in [6.07, 6.45) is 0.817. The number of sulfonamides is 1. The van der Waals surface area contributed by atoms with Crippen molar-refractivity contribution in [3.05, 3.63) is 24.3 Å². The third-order valence-corrected chi connectivity index (χ3v) is 5.04. The Kier molecular flexibility index (Phi) is 6.93. The first-order chi connectivity index (χ1) is 9.53. The van der Waals surface area contributed by atoms with E-state index in [0.717, 1.165) is 19.5 Å². The highest BCUT2D eigenvalue weighted by molar-refractivity contribution is 7.89. The summed E-state index contributed by atoms with van der Waals surface area (Å²) < 4.78 is 32.8. The SMILES string of the molecule is CCOc1ccc(S(=O)(=O)NC2CCNCC2C)cc1.Cl. The monoisotopic (exact) mass is 334 g/mol. The Morgan fingerprint density at radius 1 is 1.33 bits per heavy atom. The smallest absolute Gasteiger partial charge is 0.240 e. The van der Waals surface area contributed by atoms with Gasteiger partial charge in [-0.05, 0) is 56.6 Å². The number of ether oxygens (including phenoxy) is 1. The normalized spacial score (nSPS) is 22.4. The van der Waals surface area contributed by atoms with Gasteiger partial charge in [0.1, 0.15) is 5.75 Å². The Hall–Kier alpha value is -0.820. The van der Waals surface area contributed by atoms with E-state index in [4.69, 9.17) is 4.74 Å². The molecule has 0 aliphatic carbocycles. The fourth-order valence-corrected chi connectivity index (χ4v) is 3.72. The average molecular weight is 335 g/mol.